The molecule has 1 aliphatic heterocycles. The van der Waals surface area contributed by atoms with Crippen LogP contribution in [0.25, 0.3) is 0 Å². The van der Waals surface area contributed by atoms with Gasteiger partial charge >= 0.3 is 0 Å². The maximum Gasteiger partial charge on any atom is 0.240 e. The van der Waals surface area contributed by atoms with Crippen molar-refractivity contribution in [2.24, 2.45) is 5.92 Å². The van der Waals surface area contributed by atoms with Crippen molar-refractivity contribution in [2.75, 3.05) is 13.2 Å². The summed E-state index contributed by atoms with van der Waals surface area (Å²) in [7, 11) is 0. The predicted molar refractivity (Wildman–Crippen MR) is 66.8 cm³/mol. The largest absolute Gasteiger partial charge is 0.375 e. The molecule has 0 aromatic rings. The molecule has 0 spiro atoms. The van der Waals surface area contributed by atoms with Crippen LogP contribution in [0.5, 0.6) is 0 Å². The van der Waals surface area contributed by atoms with Crippen LogP contribution in [0.2, 0.25) is 0 Å². The van der Waals surface area contributed by atoms with Crippen molar-refractivity contribution in [3.05, 3.63) is 0 Å². The Labute approximate surface area is 103 Å². The lowest BCUT2D eigenvalue weighted by atomic mass is 9.99. The molecule has 0 aromatic carbocycles. The first kappa shape index (κ1) is 12.8. The summed E-state index contributed by atoms with van der Waals surface area (Å²) in [4.78, 5) is 12.1. The van der Waals surface area contributed by atoms with Gasteiger partial charge in [0.05, 0.1) is 12.7 Å². The smallest absolute Gasteiger partial charge is 0.240 e. The van der Waals surface area contributed by atoms with Gasteiger partial charge in [-0.05, 0) is 32.6 Å². The molecule has 2 rings (SSSR count). The van der Waals surface area contributed by atoms with E-state index in [0.717, 1.165) is 6.54 Å². The Morgan fingerprint density at radius 2 is 2.12 bits per heavy atom. The molecule has 2 N–H and O–H groups in total. The molecule has 1 amide bonds. The van der Waals surface area contributed by atoms with Crippen molar-refractivity contribution in [3.63, 3.8) is 0 Å². The second-order valence-corrected chi connectivity index (χ2v) is 5.35. The maximum absolute atomic E-state index is 12.1. The molecule has 4 nitrogen and oxygen atoms in total. The van der Waals surface area contributed by atoms with Crippen molar-refractivity contribution < 1.29 is 9.53 Å². The molecular weight excluding hydrogens is 216 g/mol. The summed E-state index contributed by atoms with van der Waals surface area (Å²) in [5.74, 6) is 0.760. The van der Waals surface area contributed by atoms with Crippen molar-refractivity contribution in [3.8, 4) is 0 Å². The van der Waals surface area contributed by atoms with Crippen molar-refractivity contribution in [2.45, 2.75) is 57.7 Å². The van der Waals surface area contributed by atoms with E-state index in [9.17, 15) is 4.79 Å². The van der Waals surface area contributed by atoms with Crippen LogP contribution in [0.3, 0.4) is 0 Å². The van der Waals surface area contributed by atoms with Gasteiger partial charge in [0.25, 0.3) is 0 Å². The zero-order valence-corrected chi connectivity index (χ0v) is 10.9. The number of hydrogen-bond acceptors (Lipinski definition) is 3. The van der Waals surface area contributed by atoms with Crippen LogP contribution < -0.4 is 10.6 Å². The number of ether oxygens (including phenoxy) is 1. The number of hydrogen-bond donors (Lipinski definition) is 2. The van der Waals surface area contributed by atoms with E-state index in [1.165, 1.54) is 25.7 Å². The van der Waals surface area contributed by atoms with E-state index in [2.05, 4.69) is 17.6 Å². The first-order valence-electron chi connectivity index (χ1n) is 6.84. The molecule has 0 bridgehead atoms. The van der Waals surface area contributed by atoms with Crippen LogP contribution in [-0.2, 0) is 9.53 Å². The minimum atomic E-state index is -0.187. The van der Waals surface area contributed by atoms with Crippen LogP contribution >= 0.6 is 0 Å². The van der Waals surface area contributed by atoms with Gasteiger partial charge in [-0.1, -0.05) is 12.8 Å². The molecule has 1 heterocycles. The topological polar surface area (TPSA) is 50.4 Å². The van der Waals surface area contributed by atoms with E-state index >= 15 is 0 Å². The van der Waals surface area contributed by atoms with Crippen molar-refractivity contribution in [1.82, 2.24) is 10.6 Å². The normalized spacial score (nSPS) is 32.4. The van der Waals surface area contributed by atoms with Gasteiger partial charge < -0.3 is 15.4 Å². The zero-order chi connectivity index (χ0) is 12.3. The summed E-state index contributed by atoms with van der Waals surface area (Å²) in [6.07, 6.45) is 5.11. The molecule has 17 heavy (non-hydrogen) atoms. The van der Waals surface area contributed by atoms with E-state index in [0.29, 0.717) is 18.6 Å². The van der Waals surface area contributed by atoms with Gasteiger partial charge in [0.15, 0.2) is 0 Å². The molecule has 98 valence electrons. The monoisotopic (exact) mass is 240 g/mol. The molecular formula is C13H24N2O2. The van der Waals surface area contributed by atoms with Gasteiger partial charge in [-0.3, -0.25) is 4.79 Å². The number of nitrogens with one attached hydrogen (secondary N) is 2. The van der Waals surface area contributed by atoms with E-state index < -0.39 is 0 Å². The lowest BCUT2D eigenvalue weighted by molar-refractivity contribution is -0.129. The number of amides is 1. The Balaban J connectivity index is 1.82. The fourth-order valence-electron chi connectivity index (χ4n) is 2.92. The van der Waals surface area contributed by atoms with Gasteiger partial charge in [0.1, 0.15) is 6.04 Å². The molecule has 2 aliphatic rings. The van der Waals surface area contributed by atoms with Crippen molar-refractivity contribution in [1.29, 1.82) is 0 Å². The molecule has 1 saturated heterocycles. The Bertz CT molecular complexity index is 264. The summed E-state index contributed by atoms with van der Waals surface area (Å²) in [6.45, 7) is 5.54. The molecule has 0 aromatic heterocycles. The molecule has 1 aliphatic carbocycles. The molecule has 2 fully saturated rings. The third-order valence-corrected chi connectivity index (χ3v) is 4.08. The molecule has 4 heteroatoms. The highest BCUT2D eigenvalue weighted by atomic mass is 16.5. The molecule has 3 atom stereocenters. The highest BCUT2D eigenvalue weighted by Gasteiger charge is 2.30. The Kier molecular flexibility index (Phi) is 4.40. The van der Waals surface area contributed by atoms with E-state index in [1.54, 1.807) is 0 Å². The summed E-state index contributed by atoms with van der Waals surface area (Å²) in [6, 6.07) is 0.105. The molecule has 0 radical (unpaired) electrons. The van der Waals surface area contributed by atoms with Gasteiger partial charge in [-0.15, -0.1) is 0 Å². The number of carbonyl (C=O) groups is 1. The highest BCUT2D eigenvalue weighted by molar-refractivity contribution is 5.82. The third kappa shape index (κ3) is 3.19. The van der Waals surface area contributed by atoms with Crippen LogP contribution in [-0.4, -0.2) is 37.2 Å². The Morgan fingerprint density at radius 3 is 2.76 bits per heavy atom. The zero-order valence-electron chi connectivity index (χ0n) is 10.9. The quantitative estimate of drug-likeness (QED) is 0.775. The van der Waals surface area contributed by atoms with Gasteiger partial charge in [-0.25, -0.2) is 0 Å². The van der Waals surface area contributed by atoms with E-state index in [4.69, 9.17) is 4.74 Å². The fraction of sp³-hybridized carbons (Fsp3) is 0.923. The summed E-state index contributed by atoms with van der Waals surface area (Å²) < 4.78 is 5.50. The average molecular weight is 240 g/mol. The second-order valence-electron chi connectivity index (χ2n) is 5.35. The summed E-state index contributed by atoms with van der Waals surface area (Å²) in [5.41, 5.74) is 0. The summed E-state index contributed by atoms with van der Waals surface area (Å²) in [5, 5.41) is 6.37. The number of morpholine rings is 1. The maximum atomic E-state index is 12.1. The minimum absolute atomic E-state index is 0.0282. The van der Waals surface area contributed by atoms with Crippen molar-refractivity contribution >= 4 is 5.91 Å². The van der Waals surface area contributed by atoms with Gasteiger partial charge in [-0.2, -0.15) is 0 Å². The van der Waals surface area contributed by atoms with Crippen LogP contribution in [0.15, 0.2) is 0 Å². The lowest BCUT2D eigenvalue weighted by Crippen LogP contribution is -2.57. The number of rotatable bonds is 3. The molecule has 1 saturated carbocycles. The van der Waals surface area contributed by atoms with Gasteiger partial charge in [0, 0.05) is 12.6 Å². The Morgan fingerprint density at radius 1 is 1.41 bits per heavy atom. The van der Waals surface area contributed by atoms with E-state index in [-0.39, 0.29) is 18.1 Å². The van der Waals surface area contributed by atoms with Crippen LogP contribution in [0.4, 0.5) is 0 Å². The number of carbonyl (C=O) groups excluding carboxylic acids is 1. The first-order valence-corrected chi connectivity index (χ1v) is 6.84. The van der Waals surface area contributed by atoms with Crippen LogP contribution in [0.1, 0.15) is 39.5 Å². The molecule has 1 unspecified atom stereocenters. The van der Waals surface area contributed by atoms with E-state index in [1.807, 2.05) is 6.92 Å². The Hall–Kier alpha value is -0.610. The predicted octanol–water partition coefficient (Wildman–Crippen LogP) is 1.06. The van der Waals surface area contributed by atoms with Gasteiger partial charge in [0.2, 0.25) is 5.91 Å². The summed E-state index contributed by atoms with van der Waals surface area (Å²) >= 11 is 0. The standard InChI is InChI=1S/C13H24N2O2/c1-9(11-5-3-4-6-11)15-13(16)12-10(2)17-8-7-14-12/h9-12,14H,3-8H2,1-2H3,(H,15,16)/t9?,10-,12+/m1/s1. The third-order valence-electron chi connectivity index (χ3n) is 4.08. The lowest BCUT2D eigenvalue weighted by Gasteiger charge is -2.31. The first-order chi connectivity index (χ1) is 8.18. The minimum Gasteiger partial charge on any atom is -0.375 e. The average Bonchev–Trinajstić information content (AvgIpc) is 2.82. The second kappa shape index (κ2) is 5.83. The SMILES string of the molecule is CC(NC(=O)[C@H]1NCCO[C@@H]1C)C1CCCC1. The highest BCUT2D eigenvalue weighted by Crippen LogP contribution is 2.27. The fourth-order valence-corrected chi connectivity index (χ4v) is 2.92. The van der Waals surface area contributed by atoms with Crippen LogP contribution in [0, 0.1) is 5.92 Å².